The molecule has 2 aromatic heterocycles. The number of benzene rings is 1. The summed E-state index contributed by atoms with van der Waals surface area (Å²) < 4.78 is 1.74. The van der Waals surface area contributed by atoms with Crippen molar-refractivity contribution in [3.8, 4) is 11.9 Å². The Balaban J connectivity index is 1.46. The van der Waals surface area contributed by atoms with Gasteiger partial charge in [0.25, 0.3) is 5.91 Å². The summed E-state index contributed by atoms with van der Waals surface area (Å²) >= 11 is 6.60. The average Bonchev–Trinajstić information content (AvgIpc) is 3.16. The summed E-state index contributed by atoms with van der Waals surface area (Å²) in [5.74, 6) is 0.217. The highest BCUT2D eigenvalue weighted by atomic mass is 35.5. The summed E-state index contributed by atoms with van der Waals surface area (Å²) in [6.07, 6.45) is 11.7. The number of nitriles is 1. The van der Waals surface area contributed by atoms with Crippen molar-refractivity contribution in [1.29, 1.82) is 5.26 Å². The molecule has 2 aliphatic rings. The molecule has 188 valence electrons. The molecule has 5 rings (SSSR count). The first kappa shape index (κ1) is 24.7. The lowest BCUT2D eigenvalue weighted by atomic mass is 9.79. The fourth-order valence-corrected chi connectivity index (χ4v) is 6.12. The Morgan fingerprint density at radius 3 is 2.72 bits per heavy atom. The molecule has 1 aliphatic heterocycles. The minimum Gasteiger partial charge on any atom is -0.350 e. The van der Waals surface area contributed by atoms with E-state index in [9.17, 15) is 10.1 Å². The van der Waals surface area contributed by atoms with Crippen molar-refractivity contribution in [3.05, 3.63) is 53.1 Å². The maximum absolute atomic E-state index is 13.7. The standard InChI is InChI=1S/C27H32ClN7O/c1-33-13-6-14-34(16-15-33)27(9-3-2-4-10-27)19-32-26(36)20-18-35(23-8-5-7-21(28)24(20)23)25-22(17-29)30-11-12-31-25/h5,7-8,11-12,18H,2-4,6,9-10,13-16,19H2,1H3,(H,32,36). The van der Waals surface area contributed by atoms with E-state index in [4.69, 9.17) is 11.6 Å². The van der Waals surface area contributed by atoms with Crippen molar-refractivity contribution < 1.29 is 4.79 Å². The summed E-state index contributed by atoms with van der Waals surface area (Å²) in [6.45, 7) is 4.87. The van der Waals surface area contributed by atoms with E-state index in [0.29, 0.717) is 33.9 Å². The molecule has 8 nitrogen and oxygen atoms in total. The molecule has 0 radical (unpaired) electrons. The van der Waals surface area contributed by atoms with Gasteiger partial charge < -0.3 is 10.2 Å². The van der Waals surface area contributed by atoms with Crippen molar-refractivity contribution >= 4 is 28.4 Å². The summed E-state index contributed by atoms with van der Waals surface area (Å²) in [7, 11) is 2.19. The molecule has 0 bridgehead atoms. The third-order valence-electron chi connectivity index (χ3n) is 7.79. The smallest absolute Gasteiger partial charge is 0.253 e. The number of rotatable bonds is 5. The number of fused-ring (bicyclic) bond motifs is 1. The lowest BCUT2D eigenvalue weighted by molar-refractivity contribution is 0.0503. The zero-order chi connectivity index (χ0) is 25.1. The fraction of sp³-hybridized carbons (Fsp3) is 0.481. The number of halogens is 1. The number of carbonyl (C=O) groups excluding carboxylic acids is 1. The molecule has 1 N–H and O–H groups in total. The quantitative estimate of drug-likeness (QED) is 0.563. The van der Waals surface area contributed by atoms with Crippen LogP contribution in [0.3, 0.4) is 0 Å². The number of likely N-dealkylation sites (N-methyl/N-ethyl adjacent to an activating group) is 1. The Hall–Kier alpha value is -2.99. The first-order valence-corrected chi connectivity index (χ1v) is 13.1. The fourth-order valence-electron chi connectivity index (χ4n) is 5.85. The molecule has 1 aromatic carbocycles. The van der Waals surface area contributed by atoms with Crippen LogP contribution < -0.4 is 5.32 Å². The number of hydrogen-bond acceptors (Lipinski definition) is 6. The third kappa shape index (κ3) is 4.71. The molecule has 1 amide bonds. The van der Waals surface area contributed by atoms with E-state index in [-0.39, 0.29) is 17.1 Å². The summed E-state index contributed by atoms with van der Waals surface area (Å²) in [6, 6.07) is 7.58. The monoisotopic (exact) mass is 505 g/mol. The van der Waals surface area contributed by atoms with Crippen LogP contribution in [0.15, 0.2) is 36.8 Å². The first-order chi connectivity index (χ1) is 17.5. The van der Waals surface area contributed by atoms with Crippen LogP contribution in [0.2, 0.25) is 5.02 Å². The Labute approximate surface area is 216 Å². The largest absolute Gasteiger partial charge is 0.350 e. The van der Waals surface area contributed by atoms with Gasteiger partial charge in [0.05, 0.1) is 16.1 Å². The van der Waals surface area contributed by atoms with Crippen molar-refractivity contribution in [2.75, 3.05) is 39.8 Å². The first-order valence-electron chi connectivity index (χ1n) is 12.8. The van der Waals surface area contributed by atoms with Gasteiger partial charge in [-0.25, -0.2) is 9.97 Å². The normalized spacial score (nSPS) is 19.0. The second kappa shape index (κ2) is 10.6. The second-order valence-corrected chi connectivity index (χ2v) is 10.4. The van der Waals surface area contributed by atoms with Gasteiger partial charge in [-0.05, 0) is 45.0 Å². The van der Waals surface area contributed by atoms with E-state index in [0.717, 1.165) is 45.4 Å². The number of nitrogens with zero attached hydrogens (tertiary/aromatic N) is 6. The second-order valence-electron chi connectivity index (χ2n) is 10.00. The van der Waals surface area contributed by atoms with Crippen LogP contribution in [0.5, 0.6) is 0 Å². The molecule has 2 fully saturated rings. The van der Waals surface area contributed by atoms with Crippen molar-refractivity contribution in [1.82, 2.24) is 29.7 Å². The minimum absolute atomic E-state index is 0.0138. The Kier molecular flexibility index (Phi) is 7.24. The highest BCUT2D eigenvalue weighted by Crippen LogP contribution is 2.35. The molecule has 9 heteroatoms. The summed E-state index contributed by atoms with van der Waals surface area (Å²) in [5.41, 5.74) is 1.37. The molecule has 0 atom stereocenters. The molecule has 1 saturated heterocycles. The molecule has 36 heavy (non-hydrogen) atoms. The van der Waals surface area contributed by atoms with Crippen LogP contribution in [0.1, 0.15) is 54.6 Å². The number of amides is 1. The highest BCUT2D eigenvalue weighted by molar-refractivity contribution is 6.37. The Morgan fingerprint density at radius 1 is 1.11 bits per heavy atom. The topological polar surface area (TPSA) is 90.1 Å². The number of aromatic nitrogens is 3. The van der Waals surface area contributed by atoms with Gasteiger partial charge >= 0.3 is 0 Å². The van der Waals surface area contributed by atoms with Gasteiger partial charge in [0.1, 0.15) is 6.07 Å². The van der Waals surface area contributed by atoms with Crippen molar-refractivity contribution in [3.63, 3.8) is 0 Å². The highest BCUT2D eigenvalue weighted by Gasteiger charge is 2.39. The van der Waals surface area contributed by atoms with E-state index < -0.39 is 0 Å². The van der Waals surface area contributed by atoms with E-state index >= 15 is 0 Å². The van der Waals surface area contributed by atoms with Gasteiger partial charge in [-0.15, -0.1) is 0 Å². The average molecular weight is 506 g/mol. The minimum atomic E-state index is -0.161. The Bertz CT molecular complexity index is 1290. The number of carbonyl (C=O) groups is 1. The van der Waals surface area contributed by atoms with Gasteiger partial charge in [-0.3, -0.25) is 14.3 Å². The lowest BCUT2D eigenvalue weighted by Crippen LogP contribution is -2.57. The number of hydrogen-bond donors (Lipinski definition) is 1. The Morgan fingerprint density at radius 2 is 1.92 bits per heavy atom. The molecular weight excluding hydrogens is 474 g/mol. The van der Waals surface area contributed by atoms with Crippen LogP contribution in [-0.2, 0) is 0 Å². The van der Waals surface area contributed by atoms with Crippen LogP contribution >= 0.6 is 11.6 Å². The molecule has 3 heterocycles. The van der Waals surface area contributed by atoms with E-state index in [1.165, 1.54) is 31.7 Å². The zero-order valence-electron chi connectivity index (χ0n) is 20.7. The summed E-state index contributed by atoms with van der Waals surface area (Å²) in [4.78, 5) is 27.2. The maximum atomic E-state index is 13.7. The van der Waals surface area contributed by atoms with Gasteiger partial charge in [0, 0.05) is 55.7 Å². The van der Waals surface area contributed by atoms with Crippen LogP contribution in [0, 0.1) is 11.3 Å². The van der Waals surface area contributed by atoms with Crippen LogP contribution in [0.4, 0.5) is 0 Å². The molecule has 1 aliphatic carbocycles. The van der Waals surface area contributed by atoms with E-state index in [1.54, 1.807) is 16.8 Å². The lowest BCUT2D eigenvalue weighted by Gasteiger charge is -2.46. The van der Waals surface area contributed by atoms with Gasteiger partial charge in [0.15, 0.2) is 11.5 Å². The SMILES string of the molecule is CN1CCCN(C2(CNC(=O)c3cn(-c4nccnc4C#N)c4cccc(Cl)c34)CCCCC2)CC1. The number of nitrogens with one attached hydrogen (secondary N) is 1. The molecule has 1 saturated carbocycles. The third-order valence-corrected chi connectivity index (χ3v) is 8.10. The predicted octanol–water partition coefficient (Wildman–Crippen LogP) is 4.02. The van der Waals surface area contributed by atoms with Gasteiger partial charge in [-0.1, -0.05) is 36.9 Å². The predicted molar refractivity (Wildman–Crippen MR) is 140 cm³/mol. The van der Waals surface area contributed by atoms with Crippen LogP contribution in [-0.4, -0.2) is 75.6 Å². The maximum Gasteiger partial charge on any atom is 0.253 e. The van der Waals surface area contributed by atoms with Crippen LogP contribution in [0.25, 0.3) is 16.7 Å². The van der Waals surface area contributed by atoms with Gasteiger partial charge in [-0.2, -0.15) is 5.26 Å². The summed E-state index contributed by atoms with van der Waals surface area (Å²) in [5, 5.41) is 14.0. The van der Waals surface area contributed by atoms with Crippen molar-refractivity contribution in [2.24, 2.45) is 0 Å². The van der Waals surface area contributed by atoms with Crippen molar-refractivity contribution in [2.45, 2.75) is 44.1 Å². The molecule has 0 spiro atoms. The zero-order valence-corrected chi connectivity index (χ0v) is 21.5. The molecular formula is C27H32ClN7O. The van der Waals surface area contributed by atoms with Gasteiger partial charge in [0.2, 0.25) is 0 Å². The molecule has 0 unspecified atom stereocenters. The van der Waals surface area contributed by atoms with E-state index in [1.807, 2.05) is 12.1 Å². The molecule has 3 aromatic rings. The van der Waals surface area contributed by atoms with E-state index in [2.05, 4.69) is 38.2 Å².